The highest BCUT2D eigenvalue weighted by atomic mass is 16.5. The summed E-state index contributed by atoms with van der Waals surface area (Å²) in [6.07, 6.45) is 5.15. The van der Waals surface area contributed by atoms with Crippen LogP contribution >= 0.6 is 0 Å². The second-order valence-electron chi connectivity index (χ2n) is 5.74. The van der Waals surface area contributed by atoms with Crippen molar-refractivity contribution in [3.8, 4) is 0 Å². The number of ether oxygens (including phenoxy) is 2. The smallest absolute Gasteiger partial charge is 0.310 e. The molecule has 0 spiro atoms. The fraction of sp³-hybridized carbons (Fsp3) is 0.929. The normalized spacial score (nSPS) is 37.7. The van der Waals surface area contributed by atoms with Gasteiger partial charge in [0.05, 0.1) is 19.1 Å². The Bertz CT molecular complexity index is 295. The molecule has 1 aliphatic carbocycles. The summed E-state index contributed by atoms with van der Waals surface area (Å²) in [5, 5.41) is 0. The first-order valence-corrected chi connectivity index (χ1v) is 7.00. The predicted octanol–water partition coefficient (Wildman–Crippen LogP) is 1.68. The summed E-state index contributed by atoms with van der Waals surface area (Å²) in [7, 11) is 3.29. The van der Waals surface area contributed by atoms with E-state index in [4.69, 9.17) is 9.47 Å². The van der Waals surface area contributed by atoms with Crippen LogP contribution in [0.2, 0.25) is 0 Å². The van der Waals surface area contributed by atoms with Gasteiger partial charge in [-0.1, -0.05) is 6.92 Å². The molecule has 1 heterocycles. The van der Waals surface area contributed by atoms with E-state index in [0.29, 0.717) is 18.1 Å². The maximum atomic E-state index is 11.7. The van der Waals surface area contributed by atoms with Crippen molar-refractivity contribution in [1.82, 2.24) is 4.90 Å². The van der Waals surface area contributed by atoms with Gasteiger partial charge in [-0.25, -0.2) is 0 Å². The zero-order chi connectivity index (χ0) is 13.1. The lowest BCUT2D eigenvalue weighted by molar-refractivity contribution is -0.146. The third kappa shape index (κ3) is 2.86. The molecule has 2 aliphatic rings. The van der Waals surface area contributed by atoms with Crippen LogP contribution in [0.1, 0.15) is 32.6 Å². The van der Waals surface area contributed by atoms with Crippen molar-refractivity contribution in [2.24, 2.45) is 11.8 Å². The molecule has 0 aromatic rings. The first kappa shape index (κ1) is 13.8. The van der Waals surface area contributed by atoms with Gasteiger partial charge in [0.25, 0.3) is 0 Å². The number of hydrogen-bond donors (Lipinski definition) is 0. The highest BCUT2D eigenvalue weighted by molar-refractivity contribution is 5.73. The minimum Gasteiger partial charge on any atom is -0.469 e. The highest BCUT2D eigenvalue weighted by Crippen LogP contribution is 2.32. The molecule has 2 rings (SSSR count). The van der Waals surface area contributed by atoms with Crippen molar-refractivity contribution < 1.29 is 14.3 Å². The second kappa shape index (κ2) is 6.02. The lowest BCUT2D eigenvalue weighted by atomic mass is 9.92. The van der Waals surface area contributed by atoms with Crippen molar-refractivity contribution in [3.05, 3.63) is 0 Å². The molecule has 0 N–H and O–H groups in total. The van der Waals surface area contributed by atoms with E-state index in [1.165, 1.54) is 26.4 Å². The fourth-order valence-electron chi connectivity index (χ4n) is 3.43. The average molecular weight is 255 g/mol. The number of likely N-dealkylation sites (tertiary alicyclic amines) is 1. The van der Waals surface area contributed by atoms with Gasteiger partial charge in [-0.05, 0) is 31.6 Å². The largest absolute Gasteiger partial charge is 0.469 e. The molecule has 1 saturated heterocycles. The van der Waals surface area contributed by atoms with Crippen molar-refractivity contribution in [1.29, 1.82) is 0 Å². The van der Waals surface area contributed by atoms with E-state index in [2.05, 4.69) is 11.8 Å². The van der Waals surface area contributed by atoms with Crippen LogP contribution in [0.5, 0.6) is 0 Å². The van der Waals surface area contributed by atoms with Gasteiger partial charge in [0.2, 0.25) is 0 Å². The Hall–Kier alpha value is -0.610. The lowest BCUT2D eigenvalue weighted by Gasteiger charge is -2.34. The SMILES string of the molecule is COC(=O)C1CN(C2CCCC(OC)C2)CC1C. The molecule has 0 aromatic carbocycles. The van der Waals surface area contributed by atoms with Crippen LogP contribution in [0.15, 0.2) is 0 Å². The average Bonchev–Trinajstić information content (AvgIpc) is 2.80. The topological polar surface area (TPSA) is 38.8 Å². The molecule has 4 atom stereocenters. The van der Waals surface area contributed by atoms with E-state index in [1.54, 1.807) is 7.11 Å². The van der Waals surface area contributed by atoms with E-state index in [9.17, 15) is 4.79 Å². The van der Waals surface area contributed by atoms with Crippen LogP contribution in [-0.2, 0) is 14.3 Å². The Kier molecular flexibility index (Phi) is 4.62. The number of rotatable bonds is 3. The molecule has 104 valence electrons. The molecular formula is C14H25NO3. The Labute approximate surface area is 110 Å². The van der Waals surface area contributed by atoms with Crippen molar-refractivity contribution in [3.63, 3.8) is 0 Å². The maximum absolute atomic E-state index is 11.7. The number of esters is 1. The molecule has 0 bridgehead atoms. The van der Waals surface area contributed by atoms with E-state index in [1.807, 2.05) is 0 Å². The van der Waals surface area contributed by atoms with Gasteiger partial charge in [-0.2, -0.15) is 0 Å². The standard InChI is InChI=1S/C14H25NO3/c1-10-8-15(9-13(10)14(16)18-3)11-5-4-6-12(7-11)17-2/h10-13H,4-9H2,1-3H3. The Balaban J connectivity index is 1.93. The molecule has 0 radical (unpaired) electrons. The molecule has 1 saturated carbocycles. The van der Waals surface area contributed by atoms with Gasteiger partial charge in [0.15, 0.2) is 0 Å². The zero-order valence-electron chi connectivity index (χ0n) is 11.7. The lowest BCUT2D eigenvalue weighted by Crippen LogP contribution is -2.39. The summed E-state index contributed by atoms with van der Waals surface area (Å²) in [5.74, 6) is 0.405. The Morgan fingerprint density at radius 1 is 1.22 bits per heavy atom. The van der Waals surface area contributed by atoms with Crippen molar-refractivity contribution in [2.75, 3.05) is 27.3 Å². The highest BCUT2D eigenvalue weighted by Gasteiger charge is 2.39. The van der Waals surface area contributed by atoms with Gasteiger partial charge < -0.3 is 9.47 Å². The number of nitrogens with zero attached hydrogens (tertiary/aromatic N) is 1. The van der Waals surface area contributed by atoms with E-state index >= 15 is 0 Å². The molecule has 4 nitrogen and oxygen atoms in total. The van der Waals surface area contributed by atoms with Crippen LogP contribution in [0.3, 0.4) is 0 Å². The van der Waals surface area contributed by atoms with Crippen LogP contribution < -0.4 is 0 Å². The third-order valence-electron chi connectivity index (χ3n) is 4.59. The first-order chi connectivity index (χ1) is 8.65. The van der Waals surface area contributed by atoms with E-state index < -0.39 is 0 Å². The summed E-state index contributed by atoms with van der Waals surface area (Å²) in [5.41, 5.74) is 0. The molecule has 1 aliphatic heterocycles. The van der Waals surface area contributed by atoms with Gasteiger partial charge in [-0.3, -0.25) is 9.69 Å². The Morgan fingerprint density at radius 3 is 2.67 bits per heavy atom. The quantitative estimate of drug-likeness (QED) is 0.719. The van der Waals surface area contributed by atoms with Gasteiger partial charge in [0.1, 0.15) is 0 Å². The number of carbonyl (C=O) groups is 1. The fourth-order valence-corrected chi connectivity index (χ4v) is 3.43. The summed E-state index contributed by atoms with van der Waals surface area (Å²) in [6, 6.07) is 0.584. The number of hydrogen-bond acceptors (Lipinski definition) is 4. The second-order valence-corrected chi connectivity index (χ2v) is 5.74. The van der Waals surface area contributed by atoms with Crippen molar-refractivity contribution in [2.45, 2.75) is 44.8 Å². The third-order valence-corrected chi connectivity index (χ3v) is 4.59. The monoisotopic (exact) mass is 255 g/mol. The zero-order valence-corrected chi connectivity index (χ0v) is 11.7. The van der Waals surface area contributed by atoms with Gasteiger partial charge >= 0.3 is 5.97 Å². The molecular weight excluding hydrogens is 230 g/mol. The molecule has 2 fully saturated rings. The summed E-state index contributed by atoms with van der Waals surface area (Å²) >= 11 is 0. The summed E-state index contributed by atoms with van der Waals surface area (Å²) in [6.45, 7) is 4.02. The van der Waals surface area contributed by atoms with E-state index in [0.717, 1.165) is 19.5 Å². The molecule has 18 heavy (non-hydrogen) atoms. The number of methoxy groups -OCH3 is 2. The minimum absolute atomic E-state index is 0.0518. The molecule has 0 amide bonds. The van der Waals surface area contributed by atoms with Crippen LogP contribution in [0.4, 0.5) is 0 Å². The van der Waals surface area contributed by atoms with Crippen LogP contribution in [0, 0.1) is 11.8 Å². The van der Waals surface area contributed by atoms with E-state index in [-0.39, 0.29) is 11.9 Å². The maximum Gasteiger partial charge on any atom is 0.310 e. The molecule has 4 unspecified atom stereocenters. The summed E-state index contributed by atoms with van der Waals surface area (Å²) < 4.78 is 10.4. The minimum atomic E-state index is -0.0518. The first-order valence-electron chi connectivity index (χ1n) is 7.00. The molecule has 4 heteroatoms. The molecule has 0 aromatic heterocycles. The van der Waals surface area contributed by atoms with Crippen LogP contribution in [-0.4, -0.2) is 50.3 Å². The Morgan fingerprint density at radius 2 is 2.00 bits per heavy atom. The predicted molar refractivity (Wildman–Crippen MR) is 69.3 cm³/mol. The van der Waals surface area contributed by atoms with Gasteiger partial charge in [0, 0.05) is 26.2 Å². The van der Waals surface area contributed by atoms with Gasteiger partial charge in [-0.15, -0.1) is 0 Å². The number of carbonyl (C=O) groups excluding carboxylic acids is 1. The van der Waals surface area contributed by atoms with Crippen LogP contribution in [0.25, 0.3) is 0 Å². The summed E-state index contributed by atoms with van der Waals surface area (Å²) in [4.78, 5) is 14.2. The van der Waals surface area contributed by atoms with Crippen molar-refractivity contribution >= 4 is 5.97 Å².